The maximum atomic E-state index is 5.59. The highest BCUT2D eigenvalue weighted by Crippen LogP contribution is 2.26. The Kier molecular flexibility index (Phi) is 3.05. The summed E-state index contributed by atoms with van der Waals surface area (Å²) in [4.78, 5) is 6.75. The highest BCUT2D eigenvalue weighted by atomic mass is 32.2. The Hall–Kier alpha value is -2.05. The van der Waals surface area contributed by atoms with Crippen molar-refractivity contribution >= 4 is 28.7 Å². The number of para-hydroxylation sites is 1. The van der Waals surface area contributed by atoms with E-state index in [1.807, 2.05) is 53.5 Å². The summed E-state index contributed by atoms with van der Waals surface area (Å²) >= 11 is 1.43. The first-order valence-electron chi connectivity index (χ1n) is 6.85. The Morgan fingerprint density at radius 3 is 2.76 bits per heavy atom. The summed E-state index contributed by atoms with van der Waals surface area (Å²) in [6.07, 6.45) is 3.90. The first kappa shape index (κ1) is 12.7. The van der Waals surface area contributed by atoms with Gasteiger partial charge in [0.25, 0.3) is 0 Å². The third-order valence-corrected chi connectivity index (χ3v) is 4.44. The molecule has 3 heterocycles. The summed E-state index contributed by atoms with van der Waals surface area (Å²) in [6.45, 7) is 1.91. The van der Waals surface area contributed by atoms with Crippen LogP contribution in [0.1, 0.15) is 0 Å². The minimum atomic E-state index is 0.518. The van der Waals surface area contributed by atoms with Gasteiger partial charge in [-0.3, -0.25) is 5.14 Å². The van der Waals surface area contributed by atoms with E-state index in [0.29, 0.717) is 5.25 Å². The molecule has 0 saturated carbocycles. The normalized spacial score (nSPS) is 15.4. The number of rotatable bonds is 3. The fourth-order valence-corrected chi connectivity index (χ4v) is 3.04. The van der Waals surface area contributed by atoms with Gasteiger partial charge in [0.05, 0.1) is 16.5 Å². The monoisotopic (exact) mass is 297 g/mol. The molecule has 0 amide bonds. The Bertz CT molecular complexity index is 764. The van der Waals surface area contributed by atoms with Gasteiger partial charge in [0.2, 0.25) is 0 Å². The van der Waals surface area contributed by atoms with E-state index in [1.165, 1.54) is 11.9 Å². The minimum Gasteiger partial charge on any atom is -0.354 e. The minimum absolute atomic E-state index is 0.518. The molecule has 2 N–H and O–H groups in total. The van der Waals surface area contributed by atoms with Gasteiger partial charge < -0.3 is 4.90 Å². The SMILES string of the molecule is NSC1CN(c2cc3nn(-c4ccccc4)cc3cn2)C1. The van der Waals surface area contributed by atoms with Crippen LogP contribution in [0, 0.1) is 0 Å². The summed E-state index contributed by atoms with van der Waals surface area (Å²) in [5, 5.41) is 11.8. The molecule has 2 aromatic heterocycles. The summed E-state index contributed by atoms with van der Waals surface area (Å²) < 4.78 is 1.89. The van der Waals surface area contributed by atoms with Crippen molar-refractivity contribution in [2.24, 2.45) is 5.14 Å². The van der Waals surface area contributed by atoms with E-state index in [2.05, 4.69) is 15.0 Å². The Morgan fingerprint density at radius 2 is 2.00 bits per heavy atom. The van der Waals surface area contributed by atoms with Gasteiger partial charge in [-0.05, 0) is 12.1 Å². The lowest BCUT2D eigenvalue weighted by molar-refractivity contribution is 0.627. The first-order chi connectivity index (χ1) is 10.3. The van der Waals surface area contributed by atoms with Crippen LogP contribution in [0.5, 0.6) is 0 Å². The van der Waals surface area contributed by atoms with Crippen LogP contribution in [-0.4, -0.2) is 33.1 Å². The third-order valence-electron chi connectivity index (χ3n) is 3.76. The second-order valence-corrected chi connectivity index (χ2v) is 6.11. The number of nitrogens with two attached hydrogens (primary N) is 1. The number of fused-ring (bicyclic) bond motifs is 1. The molecule has 1 saturated heterocycles. The van der Waals surface area contributed by atoms with Crippen molar-refractivity contribution in [2.45, 2.75) is 5.25 Å². The quantitative estimate of drug-likeness (QED) is 0.751. The van der Waals surface area contributed by atoms with Crippen molar-refractivity contribution in [3.8, 4) is 5.69 Å². The molecule has 0 spiro atoms. The van der Waals surface area contributed by atoms with E-state index in [4.69, 9.17) is 5.14 Å². The lowest BCUT2D eigenvalue weighted by Gasteiger charge is -2.38. The van der Waals surface area contributed by atoms with E-state index >= 15 is 0 Å². The second kappa shape index (κ2) is 5.05. The molecule has 0 bridgehead atoms. The van der Waals surface area contributed by atoms with Crippen LogP contribution in [0.3, 0.4) is 0 Å². The molecular weight excluding hydrogens is 282 g/mol. The number of hydrogen-bond acceptors (Lipinski definition) is 5. The van der Waals surface area contributed by atoms with Crippen molar-refractivity contribution in [1.29, 1.82) is 0 Å². The maximum absolute atomic E-state index is 5.59. The number of hydrogen-bond donors (Lipinski definition) is 1. The third kappa shape index (κ3) is 2.26. The fraction of sp³-hybridized carbons (Fsp3) is 0.200. The van der Waals surface area contributed by atoms with Gasteiger partial charge in [-0.2, -0.15) is 5.10 Å². The number of aromatic nitrogens is 3. The molecule has 0 unspecified atom stereocenters. The molecule has 4 rings (SSSR count). The average Bonchev–Trinajstić information content (AvgIpc) is 2.90. The standard InChI is InChI=1S/C15H15N5S/c16-21-13-9-19(10-13)15-6-14-11(7-17-15)8-20(18-14)12-4-2-1-3-5-12/h1-8,13H,9-10,16H2. The zero-order valence-corrected chi connectivity index (χ0v) is 12.2. The molecule has 1 fully saturated rings. The Balaban J connectivity index is 1.66. The van der Waals surface area contributed by atoms with Gasteiger partial charge in [0.15, 0.2) is 0 Å². The zero-order valence-electron chi connectivity index (χ0n) is 11.4. The molecule has 1 aliphatic rings. The molecule has 0 atom stereocenters. The molecule has 0 aliphatic carbocycles. The molecule has 106 valence electrons. The van der Waals surface area contributed by atoms with E-state index in [-0.39, 0.29) is 0 Å². The number of benzene rings is 1. The topological polar surface area (TPSA) is 60.0 Å². The van der Waals surface area contributed by atoms with Crippen molar-refractivity contribution in [3.05, 3.63) is 48.8 Å². The van der Waals surface area contributed by atoms with E-state index in [9.17, 15) is 0 Å². The largest absolute Gasteiger partial charge is 0.354 e. The molecular formula is C15H15N5S. The van der Waals surface area contributed by atoms with Crippen molar-refractivity contribution < 1.29 is 0 Å². The highest BCUT2D eigenvalue weighted by molar-refractivity contribution is 7.97. The molecule has 1 aromatic carbocycles. The fourth-order valence-electron chi connectivity index (χ4n) is 2.50. The maximum Gasteiger partial charge on any atom is 0.130 e. The zero-order chi connectivity index (χ0) is 14.2. The molecule has 6 heteroatoms. The van der Waals surface area contributed by atoms with Crippen LogP contribution < -0.4 is 10.0 Å². The van der Waals surface area contributed by atoms with E-state index in [1.54, 1.807) is 0 Å². The van der Waals surface area contributed by atoms with Crippen molar-refractivity contribution in [1.82, 2.24) is 14.8 Å². The number of pyridine rings is 1. The molecule has 1 aliphatic heterocycles. The lowest BCUT2D eigenvalue weighted by atomic mass is 10.2. The predicted molar refractivity (Wildman–Crippen MR) is 86.6 cm³/mol. The van der Waals surface area contributed by atoms with Crippen molar-refractivity contribution in [3.63, 3.8) is 0 Å². The van der Waals surface area contributed by atoms with Crippen LogP contribution in [0.15, 0.2) is 48.8 Å². The molecule has 0 radical (unpaired) electrons. The van der Waals surface area contributed by atoms with Gasteiger partial charge in [-0.25, -0.2) is 9.67 Å². The summed E-state index contributed by atoms with van der Waals surface area (Å²) in [5.74, 6) is 0.978. The Labute approximate surface area is 126 Å². The summed E-state index contributed by atoms with van der Waals surface area (Å²) in [7, 11) is 0. The van der Waals surface area contributed by atoms with Gasteiger partial charge in [-0.15, -0.1) is 0 Å². The molecule has 3 aromatic rings. The van der Waals surface area contributed by atoms with Gasteiger partial charge in [0.1, 0.15) is 5.82 Å². The van der Waals surface area contributed by atoms with Crippen molar-refractivity contribution in [2.75, 3.05) is 18.0 Å². The summed E-state index contributed by atoms with van der Waals surface area (Å²) in [5.41, 5.74) is 2.02. The van der Waals surface area contributed by atoms with E-state index < -0.39 is 0 Å². The molecule has 21 heavy (non-hydrogen) atoms. The first-order valence-corrected chi connectivity index (χ1v) is 7.79. The van der Waals surface area contributed by atoms with Crippen LogP contribution >= 0.6 is 11.9 Å². The lowest BCUT2D eigenvalue weighted by Crippen LogP contribution is -2.50. The van der Waals surface area contributed by atoms with Gasteiger partial charge in [-0.1, -0.05) is 30.1 Å². The Morgan fingerprint density at radius 1 is 1.19 bits per heavy atom. The van der Waals surface area contributed by atoms with Crippen LogP contribution in [0.25, 0.3) is 16.6 Å². The van der Waals surface area contributed by atoms with Gasteiger partial charge >= 0.3 is 0 Å². The average molecular weight is 297 g/mol. The van der Waals surface area contributed by atoms with Gasteiger partial charge in [0, 0.05) is 36.9 Å². The van der Waals surface area contributed by atoms with E-state index in [0.717, 1.165) is 35.5 Å². The highest BCUT2D eigenvalue weighted by Gasteiger charge is 2.27. The second-order valence-electron chi connectivity index (χ2n) is 5.17. The van der Waals surface area contributed by atoms with Crippen LogP contribution in [0.4, 0.5) is 5.82 Å². The molecule has 5 nitrogen and oxygen atoms in total. The number of nitrogens with zero attached hydrogens (tertiary/aromatic N) is 4. The predicted octanol–water partition coefficient (Wildman–Crippen LogP) is 2.22. The van der Waals surface area contributed by atoms with Crippen LogP contribution in [0.2, 0.25) is 0 Å². The smallest absolute Gasteiger partial charge is 0.130 e. The van der Waals surface area contributed by atoms with Crippen LogP contribution in [-0.2, 0) is 0 Å². The number of anilines is 1. The summed E-state index contributed by atoms with van der Waals surface area (Å²) in [6, 6.07) is 12.2.